The van der Waals surface area contributed by atoms with Gasteiger partial charge >= 0.3 is 11.3 Å². The SMILES string of the molecule is C=C/C=C\c1c(C)nc(-c2ccc(-c3nc(C=C)c(/C=C\C)c(=O)o3)cc2)oc1=O. The van der Waals surface area contributed by atoms with Crippen LogP contribution in [0.25, 0.3) is 41.1 Å². The van der Waals surface area contributed by atoms with Gasteiger partial charge in [-0.05, 0) is 56.3 Å². The first-order valence-electron chi connectivity index (χ1n) is 9.20. The summed E-state index contributed by atoms with van der Waals surface area (Å²) in [6, 6.07) is 6.86. The zero-order valence-electron chi connectivity index (χ0n) is 16.7. The molecule has 2 aromatic heterocycles. The predicted molar refractivity (Wildman–Crippen MR) is 119 cm³/mol. The summed E-state index contributed by atoms with van der Waals surface area (Å²) in [7, 11) is 0. The van der Waals surface area contributed by atoms with Crippen LogP contribution in [0.4, 0.5) is 0 Å². The van der Waals surface area contributed by atoms with Crippen LogP contribution in [0.2, 0.25) is 0 Å². The minimum atomic E-state index is -0.497. The molecule has 3 rings (SSSR count). The van der Waals surface area contributed by atoms with Crippen molar-refractivity contribution in [3.05, 3.63) is 99.0 Å². The molecular weight excluding hydrogens is 380 g/mol. The Hall–Kier alpha value is -4.06. The smallest absolute Gasteiger partial charge is 0.347 e. The van der Waals surface area contributed by atoms with Crippen molar-refractivity contribution in [1.82, 2.24) is 9.97 Å². The second-order valence-corrected chi connectivity index (χ2v) is 6.29. The predicted octanol–water partition coefficient (Wildman–Crippen LogP) is 4.90. The van der Waals surface area contributed by atoms with Gasteiger partial charge in [0.15, 0.2) is 0 Å². The maximum Gasteiger partial charge on any atom is 0.347 e. The van der Waals surface area contributed by atoms with Crippen LogP contribution in [0.1, 0.15) is 29.4 Å². The van der Waals surface area contributed by atoms with E-state index < -0.39 is 11.3 Å². The zero-order chi connectivity index (χ0) is 21.7. The molecule has 0 bridgehead atoms. The van der Waals surface area contributed by atoms with Crippen LogP contribution in [0.15, 0.2) is 74.1 Å². The molecule has 30 heavy (non-hydrogen) atoms. The maximum absolute atomic E-state index is 12.3. The van der Waals surface area contributed by atoms with Crippen molar-refractivity contribution < 1.29 is 8.83 Å². The van der Waals surface area contributed by atoms with Crippen molar-refractivity contribution in [3.63, 3.8) is 0 Å². The van der Waals surface area contributed by atoms with E-state index >= 15 is 0 Å². The average molecular weight is 400 g/mol. The Bertz CT molecular complexity index is 1280. The van der Waals surface area contributed by atoms with Gasteiger partial charge < -0.3 is 8.83 Å². The summed E-state index contributed by atoms with van der Waals surface area (Å²) in [6.45, 7) is 10.8. The van der Waals surface area contributed by atoms with Gasteiger partial charge in [0.2, 0.25) is 11.8 Å². The van der Waals surface area contributed by atoms with Gasteiger partial charge in [0, 0.05) is 11.1 Å². The number of nitrogens with zero attached hydrogens (tertiary/aromatic N) is 2. The molecule has 0 aliphatic carbocycles. The summed E-state index contributed by atoms with van der Waals surface area (Å²) in [4.78, 5) is 33.3. The van der Waals surface area contributed by atoms with Crippen LogP contribution in [-0.2, 0) is 0 Å². The number of allylic oxidation sites excluding steroid dienone is 3. The first-order chi connectivity index (χ1) is 14.5. The molecule has 0 amide bonds. The van der Waals surface area contributed by atoms with E-state index in [0.29, 0.717) is 33.6 Å². The third kappa shape index (κ3) is 4.17. The Morgan fingerprint density at radius 3 is 1.93 bits per heavy atom. The summed E-state index contributed by atoms with van der Waals surface area (Å²) < 4.78 is 10.7. The fourth-order valence-corrected chi connectivity index (χ4v) is 2.80. The van der Waals surface area contributed by atoms with Gasteiger partial charge in [0.25, 0.3) is 0 Å². The number of aryl methyl sites for hydroxylation is 1. The van der Waals surface area contributed by atoms with Crippen LogP contribution in [0, 0.1) is 6.92 Å². The van der Waals surface area contributed by atoms with Crippen LogP contribution in [0.3, 0.4) is 0 Å². The summed E-state index contributed by atoms with van der Waals surface area (Å²) in [5, 5.41) is 0. The van der Waals surface area contributed by atoms with E-state index in [-0.39, 0.29) is 11.8 Å². The molecule has 0 saturated carbocycles. The van der Waals surface area contributed by atoms with Gasteiger partial charge in [-0.15, -0.1) is 0 Å². The van der Waals surface area contributed by atoms with Crippen molar-refractivity contribution in [2.24, 2.45) is 0 Å². The lowest BCUT2D eigenvalue weighted by atomic mass is 10.1. The first kappa shape index (κ1) is 20.7. The standard InChI is InChI=1S/C24H20N2O4/c1-5-8-10-18-15(4)25-21(29-23(18)27)16-11-13-17(14-12-16)22-26-20(7-3)19(9-6-2)24(28)30-22/h5-14H,1,3H2,2,4H3/b9-6-,10-8-. The Kier molecular flexibility index (Phi) is 6.17. The zero-order valence-corrected chi connectivity index (χ0v) is 16.7. The van der Waals surface area contributed by atoms with Gasteiger partial charge in [-0.25, -0.2) is 19.6 Å². The largest absolute Gasteiger partial charge is 0.403 e. The number of hydrogen-bond donors (Lipinski definition) is 0. The fraction of sp³-hybridized carbons (Fsp3) is 0.0833. The third-order valence-corrected chi connectivity index (χ3v) is 4.28. The monoisotopic (exact) mass is 400 g/mol. The van der Waals surface area contributed by atoms with E-state index in [2.05, 4.69) is 23.1 Å². The average Bonchev–Trinajstić information content (AvgIpc) is 2.74. The molecule has 3 aromatic rings. The molecule has 6 nitrogen and oxygen atoms in total. The molecule has 0 spiro atoms. The lowest BCUT2D eigenvalue weighted by molar-refractivity contribution is 0.501. The number of rotatable bonds is 6. The molecule has 0 atom stereocenters. The fourth-order valence-electron chi connectivity index (χ4n) is 2.80. The Labute approximate surface area is 173 Å². The normalized spacial score (nSPS) is 11.3. The van der Waals surface area contributed by atoms with Crippen LogP contribution < -0.4 is 11.3 Å². The second kappa shape index (κ2) is 8.96. The highest BCUT2D eigenvalue weighted by molar-refractivity contribution is 5.65. The Morgan fingerprint density at radius 2 is 1.43 bits per heavy atom. The lowest BCUT2D eigenvalue weighted by Crippen LogP contribution is -2.09. The van der Waals surface area contributed by atoms with Crippen molar-refractivity contribution in [1.29, 1.82) is 0 Å². The number of hydrogen-bond acceptors (Lipinski definition) is 6. The first-order valence-corrected chi connectivity index (χ1v) is 9.20. The van der Waals surface area contributed by atoms with Gasteiger partial charge in [-0.2, -0.15) is 0 Å². The number of benzene rings is 1. The van der Waals surface area contributed by atoms with E-state index in [1.165, 1.54) is 6.08 Å². The van der Waals surface area contributed by atoms with Crippen molar-refractivity contribution >= 4 is 18.2 Å². The molecule has 150 valence electrons. The van der Waals surface area contributed by atoms with Gasteiger partial charge in [0.05, 0.1) is 22.5 Å². The van der Waals surface area contributed by atoms with Crippen molar-refractivity contribution in [2.75, 3.05) is 0 Å². The molecule has 0 N–H and O–H groups in total. The summed E-state index contributed by atoms with van der Waals surface area (Å²) >= 11 is 0. The highest BCUT2D eigenvalue weighted by atomic mass is 16.4. The molecule has 0 fully saturated rings. The minimum Gasteiger partial charge on any atom is -0.403 e. The van der Waals surface area contributed by atoms with Gasteiger partial charge in [0.1, 0.15) is 0 Å². The second-order valence-electron chi connectivity index (χ2n) is 6.29. The number of aromatic nitrogens is 2. The van der Waals surface area contributed by atoms with Gasteiger partial charge in [-0.1, -0.05) is 31.4 Å². The van der Waals surface area contributed by atoms with E-state index in [0.717, 1.165) is 0 Å². The molecule has 0 radical (unpaired) electrons. The molecule has 0 aliphatic rings. The summed E-state index contributed by atoms with van der Waals surface area (Å²) in [5.74, 6) is 0.370. The Morgan fingerprint density at radius 1 is 0.867 bits per heavy atom. The molecule has 2 heterocycles. The summed E-state index contributed by atoms with van der Waals surface area (Å²) in [5.41, 5.74) is 1.93. The molecule has 0 saturated heterocycles. The van der Waals surface area contributed by atoms with Gasteiger partial charge in [-0.3, -0.25) is 0 Å². The van der Waals surface area contributed by atoms with E-state index in [1.807, 2.05) is 0 Å². The minimum absolute atomic E-state index is 0.171. The van der Waals surface area contributed by atoms with Crippen molar-refractivity contribution in [3.8, 4) is 22.9 Å². The summed E-state index contributed by atoms with van der Waals surface area (Å²) in [6.07, 6.45) is 9.70. The quantitative estimate of drug-likeness (QED) is 0.547. The molecule has 6 heteroatoms. The highest BCUT2D eigenvalue weighted by Gasteiger charge is 2.13. The third-order valence-electron chi connectivity index (χ3n) is 4.28. The molecular formula is C24H20N2O4. The van der Waals surface area contributed by atoms with Crippen LogP contribution in [0.5, 0.6) is 0 Å². The van der Waals surface area contributed by atoms with Crippen LogP contribution in [-0.4, -0.2) is 9.97 Å². The highest BCUT2D eigenvalue weighted by Crippen LogP contribution is 2.23. The molecule has 0 unspecified atom stereocenters. The van der Waals surface area contributed by atoms with E-state index in [9.17, 15) is 9.59 Å². The maximum atomic E-state index is 12.3. The van der Waals surface area contributed by atoms with Crippen molar-refractivity contribution in [2.45, 2.75) is 13.8 Å². The Balaban J connectivity index is 2.00. The molecule has 1 aromatic carbocycles. The van der Waals surface area contributed by atoms with Crippen LogP contribution >= 0.6 is 0 Å². The van der Waals surface area contributed by atoms with E-state index in [1.54, 1.807) is 68.5 Å². The molecule has 0 aliphatic heterocycles. The lowest BCUT2D eigenvalue weighted by Gasteiger charge is -2.06. The topological polar surface area (TPSA) is 86.2 Å². The van der Waals surface area contributed by atoms with E-state index in [4.69, 9.17) is 8.83 Å².